The maximum atomic E-state index is 11.9. The molecular weight excluding hydrogens is 226 g/mol. The largest absolute Gasteiger partial charge is 0.508 e. The van der Waals surface area contributed by atoms with E-state index >= 15 is 0 Å². The Balaban J connectivity index is 2.31. The number of carbonyl (C=O) groups is 1. The molecule has 0 aliphatic carbocycles. The predicted octanol–water partition coefficient (Wildman–Crippen LogP) is 3.53. The number of benzene rings is 2. The van der Waals surface area contributed by atoms with Crippen LogP contribution in [0, 0.1) is 5.41 Å². The quantitative estimate of drug-likeness (QED) is 0.805. The van der Waals surface area contributed by atoms with Gasteiger partial charge in [-0.2, -0.15) is 0 Å². The van der Waals surface area contributed by atoms with Gasteiger partial charge in [-0.15, -0.1) is 0 Å². The van der Waals surface area contributed by atoms with Crippen LogP contribution in [0.5, 0.6) is 5.75 Å². The molecule has 0 bridgehead atoms. The summed E-state index contributed by atoms with van der Waals surface area (Å²) in [5.41, 5.74) is 0.359. The highest BCUT2D eigenvalue weighted by molar-refractivity contribution is 5.97. The van der Waals surface area contributed by atoms with Crippen LogP contribution in [-0.4, -0.2) is 11.0 Å². The van der Waals surface area contributed by atoms with Crippen molar-refractivity contribution in [2.24, 2.45) is 5.41 Å². The van der Waals surface area contributed by atoms with Crippen molar-refractivity contribution in [3.8, 4) is 5.75 Å². The summed E-state index contributed by atoms with van der Waals surface area (Å²) in [6.45, 7) is 5.63. The molecule has 0 aliphatic rings. The molecule has 3 heteroatoms. The van der Waals surface area contributed by atoms with Crippen molar-refractivity contribution in [3.05, 3.63) is 36.4 Å². The van der Waals surface area contributed by atoms with Crippen molar-refractivity contribution in [1.29, 1.82) is 0 Å². The molecule has 0 aliphatic heterocycles. The number of fused-ring (bicyclic) bond motifs is 1. The molecule has 2 aromatic rings. The van der Waals surface area contributed by atoms with Crippen molar-refractivity contribution in [3.63, 3.8) is 0 Å². The van der Waals surface area contributed by atoms with E-state index in [0.717, 1.165) is 16.5 Å². The predicted molar refractivity (Wildman–Crippen MR) is 73.7 cm³/mol. The van der Waals surface area contributed by atoms with E-state index in [9.17, 15) is 9.90 Å². The third-order valence-corrected chi connectivity index (χ3v) is 2.76. The molecule has 0 fully saturated rings. The summed E-state index contributed by atoms with van der Waals surface area (Å²) in [5, 5.41) is 14.2. The van der Waals surface area contributed by atoms with Gasteiger partial charge in [0.1, 0.15) is 5.75 Å². The first-order valence-electron chi connectivity index (χ1n) is 5.90. The van der Waals surface area contributed by atoms with Crippen LogP contribution in [-0.2, 0) is 4.79 Å². The molecule has 3 nitrogen and oxygen atoms in total. The average Bonchev–Trinajstić information content (AvgIpc) is 2.28. The number of aromatic hydroxyl groups is 1. The monoisotopic (exact) mass is 243 g/mol. The molecule has 0 atom stereocenters. The number of carbonyl (C=O) groups excluding carboxylic acids is 1. The summed E-state index contributed by atoms with van der Waals surface area (Å²) in [7, 11) is 0. The molecule has 0 spiro atoms. The van der Waals surface area contributed by atoms with Crippen molar-refractivity contribution in [1.82, 2.24) is 0 Å². The number of nitrogens with one attached hydrogen (secondary N) is 1. The second-order valence-corrected chi connectivity index (χ2v) is 5.45. The van der Waals surface area contributed by atoms with E-state index in [4.69, 9.17) is 0 Å². The van der Waals surface area contributed by atoms with E-state index in [1.165, 1.54) is 0 Å². The average molecular weight is 243 g/mol. The molecule has 2 rings (SSSR count). The standard InChI is InChI=1S/C15H17NO2/c1-15(2,3)14(18)16-12-6-4-11-9-13(17)7-5-10(11)8-12/h4-9,17H,1-3H3,(H,16,18). The Hall–Kier alpha value is -2.03. The smallest absolute Gasteiger partial charge is 0.229 e. The van der Waals surface area contributed by atoms with Crippen LogP contribution in [0.3, 0.4) is 0 Å². The van der Waals surface area contributed by atoms with Crippen LogP contribution < -0.4 is 5.32 Å². The zero-order chi connectivity index (χ0) is 13.3. The van der Waals surface area contributed by atoms with Gasteiger partial charge < -0.3 is 10.4 Å². The van der Waals surface area contributed by atoms with E-state index in [1.807, 2.05) is 45.0 Å². The minimum atomic E-state index is -0.413. The van der Waals surface area contributed by atoms with Gasteiger partial charge in [-0.05, 0) is 35.0 Å². The third-order valence-electron chi connectivity index (χ3n) is 2.76. The SMILES string of the molecule is CC(C)(C)C(=O)Nc1ccc2cc(O)ccc2c1. The van der Waals surface area contributed by atoms with E-state index < -0.39 is 5.41 Å². The molecule has 2 N–H and O–H groups in total. The lowest BCUT2D eigenvalue weighted by Gasteiger charge is -2.17. The minimum absolute atomic E-state index is 0.0133. The Morgan fingerprint density at radius 1 is 1.06 bits per heavy atom. The number of anilines is 1. The fourth-order valence-corrected chi connectivity index (χ4v) is 1.63. The van der Waals surface area contributed by atoms with Crippen LogP contribution in [0.1, 0.15) is 20.8 Å². The van der Waals surface area contributed by atoms with Crippen molar-refractivity contribution >= 4 is 22.4 Å². The molecule has 0 aromatic heterocycles. The maximum Gasteiger partial charge on any atom is 0.229 e. The van der Waals surface area contributed by atoms with Gasteiger partial charge in [0.15, 0.2) is 0 Å². The van der Waals surface area contributed by atoms with Gasteiger partial charge in [0.05, 0.1) is 0 Å². The van der Waals surface area contributed by atoms with Gasteiger partial charge in [-0.25, -0.2) is 0 Å². The Morgan fingerprint density at radius 2 is 1.67 bits per heavy atom. The highest BCUT2D eigenvalue weighted by Crippen LogP contribution is 2.24. The van der Waals surface area contributed by atoms with E-state index in [2.05, 4.69) is 5.32 Å². The molecule has 94 valence electrons. The van der Waals surface area contributed by atoms with E-state index in [-0.39, 0.29) is 11.7 Å². The molecule has 0 radical (unpaired) electrons. The zero-order valence-electron chi connectivity index (χ0n) is 10.8. The van der Waals surface area contributed by atoms with Gasteiger partial charge >= 0.3 is 0 Å². The summed E-state index contributed by atoms with van der Waals surface area (Å²) >= 11 is 0. The number of hydrogen-bond donors (Lipinski definition) is 2. The maximum absolute atomic E-state index is 11.9. The highest BCUT2D eigenvalue weighted by Gasteiger charge is 2.21. The molecule has 18 heavy (non-hydrogen) atoms. The van der Waals surface area contributed by atoms with Crippen molar-refractivity contribution in [2.45, 2.75) is 20.8 Å². The molecule has 0 heterocycles. The van der Waals surface area contributed by atoms with Gasteiger partial charge in [-0.3, -0.25) is 4.79 Å². The van der Waals surface area contributed by atoms with Gasteiger partial charge in [-0.1, -0.05) is 32.9 Å². The van der Waals surface area contributed by atoms with Crippen LogP contribution in [0.4, 0.5) is 5.69 Å². The molecule has 2 aromatic carbocycles. The lowest BCUT2D eigenvalue weighted by Crippen LogP contribution is -2.27. The number of amides is 1. The first kappa shape index (κ1) is 12.4. The number of hydrogen-bond acceptors (Lipinski definition) is 2. The molecule has 0 unspecified atom stereocenters. The first-order chi connectivity index (χ1) is 8.36. The minimum Gasteiger partial charge on any atom is -0.508 e. The Morgan fingerprint density at radius 3 is 2.33 bits per heavy atom. The van der Waals surface area contributed by atoms with Crippen molar-refractivity contribution < 1.29 is 9.90 Å². The van der Waals surface area contributed by atoms with Gasteiger partial charge in [0.25, 0.3) is 0 Å². The second kappa shape index (κ2) is 4.33. The molecule has 0 saturated heterocycles. The molecular formula is C15H17NO2. The first-order valence-corrected chi connectivity index (χ1v) is 5.90. The lowest BCUT2D eigenvalue weighted by atomic mass is 9.95. The summed E-state index contributed by atoms with van der Waals surface area (Å²) in [5.74, 6) is 0.231. The molecule has 1 amide bonds. The summed E-state index contributed by atoms with van der Waals surface area (Å²) in [6, 6.07) is 10.8. The van der Waals surface area contributed by atoms with Crippen LogP contribution in [0.15, 0.2) is 36.4 Å². The van der Waals surface area contributed by atoms with Crippen molar-refractivity contribution in [2.75, 3.05) is 5.32 Å². The summed E-state index contributed by atoms with van der Waals surface area (Å²) in [4.78, 5) is 11.9. The fraction of sp³-hybridized carbons (Fsp3) is 0.267. The van der Waals surface area contributed by atoms with E-state index in [1.54, 1.807) is 12.1 Å². The van der Waals surface area contributed by atoms with Gasteiger partial charge in [0, 0.05) is 11.1 Å². The lowest BCUT2D eigenvalue weighted by molar-refractivity contribution is -0.123. The normalized spacial score (nSPS) is 11.5. The van der Waals surface area contributed by atoms with Crippen LogP contribution in [0.25, 0.3) is 10.8 Å². The Bertz CT molecular complexity index is 597. The number of phenolic OH excluding ortho intramolecular Hbond substituents is 1. The Labute approximate surface area is 106 Å². The summed E-state index contributed by atoms with van der Waals surface area (Å²) in [6.07, 6.45) is 0. The highest BCUT2D eigenvalue weighted by atomic mass is 16.3. The van der Waals surface area contributed by atoms with Gasteiger partial charge in [0.2, 0.25) is 5.91 Å². The number of phenols is 1. The van der Waals surface area contributed by atoms with Crippen LogP contribution in [0.2, 0.25) is 0 Å². The number of rotatable bonds is 1. The Kier molecular flexibility index (Phi) is 2.99. The van der Waals surface area contributed by atoms with E-state index in [0.29, 0.717) is 0 Å². The van der Waals surface area contributed by atoms with Crippen LogP contribution >= 0.6 is 0 Å². The second-order valence-electron chi connectivity index (χ2n) is 5.45. The summed E-state index contributed by atoms with van der Waals surface area (Å²) < 4.78 is 0. The topological polar surface area (TPSA) is 49.3 Å². The zero-order valence-corrected chi connectivity index (χ0v) is 10.8. The molecule has 0 saturated carbocycles. The third kappa shape index (κ3) is 2.62. The fourth-order valence-electron chi connectivity index (χ4n) is 1.63.